The zero-order valence-electron chi connectivity index (χ0n) is 13.8. The van der Waals surface area contributed by atoms with Crippen molar-refractivity contribution < 1.29 is 5.11 Å². The van der Waals surface area contributed by atoms with Gasteiger partial charge in [-0.2, -0.15) is 5.10 Å². The summed E-state index contributed by atoms with van der Waals surface area (Å²) in [6.07, 6.45) is 6.22. The van der Waals surface area contributed by atoms with E-state index in [1.54, 1.807) is 0 Å². The number of halogens is 1. The van der Waals surface area contributed by atoms with Gasteiger partial charge in [0.2, 0.25) is 0 Å². The monoisotopic (exact) mass is 356 g/mol. The van der Waals surface area contributed by atoms with Crippen LogP contribution in [-0.4, -0.2) is 20.5 Å². The van der Waals surface area contributed by atoms with Gasteiger partial charge in [0.25, 0.3) is 0 Å². The van der Waals surface area contributed by atoms with Crippen molar-refractivity contribution in [3.8, 4) is 0 Å². The van der Waals surface area contributed by atoms with Crippen LogP contribution in [0.3, 0.4) is 0 Å². The summed E-state index contributed by atoms with van der Waals surface area (Å²) < 4.78 is 3.10. The molecule has 1 saturated carbocycles. The molecule has 0 aromatic carbocycles. The minimum Gasteiger partial charge on any atom is -0.389 e. The van der Waals surface area contributed by atoms with E-state index >= 15 is 0 Å². The molecule has 0 amide bonds. The van der Waals surface area contributed by atoms with Gasteiger partial charge in [-0.25, -0.2) is 0 Å². The summed E-state index contributed by atoms with van der Waals surface area (Å²) in [4.78, 5) is 0. The minimum absolute atomic E-state index is 0.556. The third-order valence-corrected chi connectivity index (χ3v) is 5.71. The van der Waals surface area contributed by atoms with Gasteiger partial charge in [0.1, 0.15) is 0 Å². The Balaban J connectivity index is 2.14. The molecule has 1 fully saturated rings. The molecule has 1 aliphatic carbocycles. The van der Waals surface area contributed by atoms with Crippen molar-refractivity contribution in [1.29, 1.82) is 0 Å². The molecule has 0 saturated heterocycles. The predicted octanol–water partition coefficient (Wildman–Crippen LogP) is 4.48. The summed E-state index contributed by atoms with van der Waals surface area (Å²) in [6.45, 7) is 9.54. The Bertz CT molecular complexity index is 483. The highest BCUT2D eigenvalue weighted by Gasteiger charge is 2.36. The molecule has 1 aromatic heterocycles. The lowest BCUT2D eigenvalue weighted by molar-refractivity contribution is -0.0205. The number of rotatable bonds is 5. The number of hydrogen-bond donors (Lipinski definition) is 1. The molecule has 3 nitrogen and oxygen atoms in total. The van der Waals surface area contributed by atoms with E-state index in [2.05, 4.69) is 41.8 Å². The predicted molar refractivity (Wildman–Crippen MR) is 90.4 cm³/mol. The summed E-state index contributed by atoms with van der Waals surface area (Å²) in [6, 6.07) is 0. The van der Waals surface area contributed by atoms with Crippen LogP contribution in [0.4, 0.5) is 0 Å². The van der Waals surface area contributed by atoms with E-state index in [9.17, 15) is 5.11 Å². The second-order valence-electron chi connectivity index (χ2n) is 7.15. The summed E-state index contributed by atoms with van der Waals surface area (Å²) in [7, 11) is 0. The van der Waals surface area contributed by atoms with Crippen LogP contribution < -0.4 is 0 Å². The Hall–Kier alpha value is -0.350. The molecule has 2 rings (SSSR count). The van der Waals surface area contributed by atoms with Gasteiger partial charge < -0.3 is 5.11 Å². The second-order valence-corrected chi connectivity index (χ2v) is 7.95. The number of aryl methyl sites for hydroxylation is 2. The molecule has 1 aromatic rings. The van der Waals surface area contributed by atoms with Gasteiger partial charge in [0, 0.05) is 13.0 Å². The molecule has 21 heavy (non-hydrogen) atoms. The lowest BCUT2D eigenvalue weighted by Gasteiger charge is -2.37. The quantitative estimate of drug-likeness (QED) is 0.844. The van der Waals surface area contributed by atoms with Crippen LogP contribution in [0.2, 0.25) is 0 Å². The molecular weight excluding hydrogens is 328 g/mol. The van der Waals surface area contributed by atoms with Crippen molar-refractivity contribution in [2.24, 2.45) is 11.8 Å². The number of hydrogen-bond acceptors (Lipinski definition) is 2. The molecule has 2 unspecified atom stereocenters. The maximum atomic E-state index is 11.1. The van der Waals surface area contributed by atoms with Gasteiger partial charge in [-0.1, -0.05) is 26.7 Å². The van der Waals surface area contributed by atoms with E-state index in [0.29, 0.717) is 11.8 Å². The lowest BCUT2D eigenvalue weighted by Crippen LogP contribution is -2.38. The molecule has 1 aliphatic rings. The molecule has 1 heterocycles. The van der Waals surface area contributed by atoms with Crippen LogP contribution in [-0.2, 0) is 13.0 Å². The van der Waals surface area contributed by atoms with Crippen molar-refractivity contribution in [3.05, 3.63) is 15.9 Å². The Morgan fingerprint density at radius 3 is 2.81 bits per heavy atom. The van der Waals surface area contributed by atoms with Crippen LogP contribution in [0.5, 0.6) is 0 Å². The number of aromatic nitrogens is 2. The maximum absolute atomic E-state index is 11.1. The van der Waals surface area contributed by atoms with Crippen LogP contribution in [0.15, 0.2) is 4.47 Å². The van der Waals surface area contributed by atoms with Crippen molar-refractivity contribution in [2.75, 3.05) is 0 Å². The lowest BCUT2D eigenvalue weighted by atomic mass is 9.73. The Kier molecular flexibility index (Phi) is 5.53. The fraction of sp³-hybridized carbons (Fsp3) is 0.824. The zero-order chi connectivity index (χ0) is 15.6. The highest BCUT2D eigenvalue weighted by atomic mass is 79.9. The Morgan fingerprint density at radius 2 is 2.19 bits per heavy atom. The van der Waals surface area contributed by atoms with E-state index < -0.39 is 5.60 Å². The summed E-state index contributed by atoms with van der Waals surface area (Å²) in [5.41, 5.74) is 1.62. The highest BCUT2D eigenvalue weighted by molar-refractivity contribution is 9.10. The molecule has 2 atom stereocenters. The van der Waals surface area contributed by atoms with Gasteiger partial charge in [-0.3, -0.25) is 4.68 Å². The first-order valence-electron chi connectivity index (χ1n) is 8.29. The van der Waals surface area contributed by atoms with E-state index in [1.165, 1.54) is 12.8 Å². The maximum Gasteiger partial charge on any atom is 0.0738 e. The van der Waals surface area contributed by atoms with E-state index in [1.807, 2.05) is 11.6 Å². The van der Waals surface area contributed by atoms with Crippen LogP contribution in [0, 0.1) is 18.8 Å². The Morgan fingerprint density at radius 1 is 1.48 bits per heavy atom. The van der Waals surface area contributed by atoms with Crippen LogP contribution in [0.1, 0.15) is 64.3 Å². The standard InChI is InChI=1S/C17H29BrN2O/c1-5-20-15(16(18)13(4)19-20)11-17(21)8-6-7-14(10-17)9-12(2)3/h12,14,21H,5-11H2,1-4H3. The average Bonchev–Trinajstić information content (AvgIpc) is 2.65. The van der Waals surface area contributed by atoms with Crippen molar-refractivity contribution in [2.45, 2.75) is 78.4 Å². The minimum atomic E-state index is -0.556. The van der Waals surface area contributed by atoms with Crippen LogP contribution in [0.25, 0.3) is 0 Å². The fourth-order valence-electron chi connectivity index (χ4n) is 3.84. The third-order valence-electron chi connectivity index (χ3n) is 4.68. The first kappa shape index (κ1) is 17.0. The van der Waals surface area contributed by atoms with Gasteiger partial charge in [0.05, 0.1) is 21.5 Å². The van der Waals surface area contributed by atoms with Gasteiger partial charge in [0.15, 0.2) is 0 Å². The topological polar surface area (TPSA) is 38.0 Å². The molecule has 1 N–H and O–H groups in total. The molecular formula is C17H29BrN2O. The van der Waals surface area contributed by atoms with Crippen LogP contribution >= 0.6 is 15.9 Å². The smallest absolute Gasteiger partial charge is 0.0738 e. The third kappa shape index (κ3) is 4.10. The average molecular weight is 357 g/mol. The van der Waals surface area contributed by atoms with Crippen molar-refractivity contribution >= 4 is 15.9 Å². The molecule has 0 radical (unpaired) electrons. The Labute approximate surface area is 137 Å². The summed E-state index contributed by atoms with van der Waals surface area (Å²) in [5, 5.41) is 15.7. The SMILES string of the molecule is CCn1nc(C)c(Br)c1CC1(O)CCCC(CC(C)C)C1. The molecule has 4 heteroatoms. The fourth-order valence-corrected chi connectivity index (χ4v) is 4.26. The molecule has 120 valence electrons. The van der Waals surface area contributed by atoms with Crippen molar-refractivity contribution in [1.82, 2.24) is 9.78 Å². The molecule has 0 bridgehead atoms. The number of nitrogens with zero attached hydrogens (tertiary/aromatic N) is 2. The number of aliphatic hydroxyl groups is 1. The normalized spacial score (nSPS) is 26.5. The van der Waals surface area contributed by atoms with Gasteiger partial charge >= 0.3 is 0 Å². The largest absolute Gasteiger partial charge is 0.389 e. The van der Waals surface area contributed by atoms with E-state index in [-0.39, 0.29) is 0 Å². The van der Waals surface area contributed by atoms with Gasteiger partial charge in [-0.05, 0) is 60.9 Å². The zero-order valence-corrected chi connectivity index (χ0v) is 15.4. The first-order valence-corrected chi connectivity index (χ1v) is 9.08. The second kappa shape index (κ2) is 6.82. The first-order chi connectivity index (χ1) is 9.84. The van der Waals surface area contributed by atoms with Crippen molar-refractivity contribution in [3.63, 3.8) is 0 Å². The molecule has 0 spiro atoms. The molecule has 0 aliphatic heterocycles. The van der Waals surface area contributed by atoms with E-state index in [0.717, 1.165) is 48.1 Å². The highest BCUT2D eigenvalue weighted by Crippen LogP contribution is 2.39. The summed E-state index contributed by atoms with van der Waals surface area (Å²) >= 11 is 3.65. The van der Waals surface area contributed by atoms with E-state index in [4.69, 9.17) is 0 Å². The van der Waals surface area contributed by atoms with Gasteiger partial charge in [-0.15, -0.1) is 0 Å². The summed E-state index contributed by atoms with van der Waals surface area (Å²) in [5.74, 6) is 1.38.